The fourth-order valence-electron chi connectivity index (χ4n) is 3.21. The highest BCUT2D eigenvalue weighted by atomic mass is 35.5. The highest BCUT2D eigenvalue weighted by Crippen LogP contribution is 2.40. The first-order valence-corrected chi connectivity index (χ1v) is 11.8. The third kappa shape index (κ3) is 5.48. The second kappa shape index (κ2) is 11.4. The van der Waals surface area contributed by atoms with Crippen LogP contribution in [0.1, 0.15) is 36.7 Å². The van der Waals surface area contributed by atoms with Crippen LogP contribution in [0.15, 0.2) is 35.3 Å². The second-order valence-corrected chi connectivity index (χ2v) is 8.06. The van der Waals surface area contributed by atoms with E-state index in [0.717, 1.165) is 0 Å². The molecule has 0 saturated heterocycles. The molecule has 0 atom stereocenters. The van der Waals surface area contributed by atoms with E-state index in [0.29, 0.717) is 71.5 Å². The molecule has 6 nitrogen and oxygen atoms in total. The average Bonchev–Trinajstić information content (AvgIpc) is 3.24. The Morgan fingerprint density at radius 1 is 1.12 bits per heavy atom. The maximum atomic E-state index is 14.1. The Labute approximate surface area is 196 Å². The Hall–Kier alpha value is -2.45. The van der Waals surface area contributed by atoms with Gasteiger partial charge in [-0.15, -0.1) is 0 Å². The molecule has 1 heterocycles. The number of benzene rings is 2. The monoisotopic (exact) mass is 480 g/mol. The van der Waals surface area contributed by atoms with Crippen molar-refractivity contribution in [3.63, 3.8) is 0 Å². The van der Waals surface area contributed by atoms with Crippen molar-refractivity contribution in [3.05, 3.63) is 52.3 Å². The molecule has 0 N–H and O–H groups in total. The highest BCUT2D eigenvalue weighted by molar-refractivity contribution is 8.13. The molecular weight excluding hydrogens is 455 g/mol. The molecule has 0 spiro atoms. The van der Waals surface area contributed by atoms with Crippen LogP contribution in [-0.4, -0.2) is 48.9 Å². The number of nitrogens with zero attached hydrogens (tertiary/aromatic N) is 2. The summed E-state index contributed by atoms with van der Waals surface area (Å²) in [5.41, 5.74) is 0.791. The summed E-state index contributed by atoms with van der Waals surface area (Å²) in [4.78, 5) is 19.4. The number of carbonyl (C=O) groups is 1. The molecule has 0 radical (unpaired) electrons. The maximum absolute atomic E-state index is 14.1. The van der Waals surface area contributed by atoms with Crippen LogP contribution < -0.4 is 14.2 Å². The molecule has 1 aliphatic heterocycles. The minimum atomic E-state index is -0.379. The van der Waals surface area contributed by atoms with Crippen molar-refractivity contribution in [1.29, 1.82) is 0 Å². The zero-order valence-corrected chi connectivity index (χ0v) is 19.9. The van der Waals surface area contributed by atoms with Gasteiger partial charge in [0.1, 0.15) is 5.82 Å². The lowest BCUT2D eigenvalue weighted by molar-refractivity contribution is 0.0859. The van der Waals surface area contributed by atoms with Crippen molar-refractivity contribution < 1.29 is 23.4 Å². The lowest BCUT2D eigenvalue weighted by Crippen LogP contribution is -2.33. The van der Waals surface area contributed by atoms with Gasteiger partial charge >= 0.3 is 0 Å². The lowest BCUT2D eigenvalue weighted by Gasteiger charge is -2.21. The Balaban J connectivity index is 1.84. The number of carbonyl (C=O) groups excluding carboxylic acids is 1. The molecule has 32 heavy (non-hydrogen) atoms. The molecular formula is C23H26ClFN2O4S. The minimum Gasteiger partial charge on any atom is -0.490 e. The molecule has 0 unspecified atom stereocenters. The van der Waals surface area contributed by atoms with E-state index < -0.39 is 0 Å². The molecule has 1 amide bonds. The van der Waals surface area contributed by atoms with Crippen molar-refractivity contribution >= 4 is 34.4 Å². The van der Waals surface area contributed by atoms with Crippen LogP contribution in [0.3, 0.4) is 0 Å². The van der Waals surface area contributed by atoms with Gasteiger partial charge in [0.15, 0.2) is 16.7 Å². The summed E-state index contributed by atoms with van der Waals surface area (Å²) in [6.07, 6.45) is 0. The fourth-order valence-corrected chi connectivity index (χ4v) is 4.60. The van der Waals surface area contributed by atoms with Crippen LogP contribution >= 0.6 is 23.4 Å². The molecule has 172 valence electrons. The van der Waals surface area contributed by atoms with Gasteiger partial charge in [0.2, 0.25) is 5.75 Å². The number of hydrogen-bond acceptors (Lipinski definition) is 6. The SMILES string of the molecule is CCOc1cc(C(=O)N2CCN=C2SCc2c(F)cccc2Cl)cc(OCC)c1OCC. The zero-order chi connectivity index (χ0) is 23.1. The van der Waals surface area contributed by atoms with E-state index in [1.165, 1.54) is 17.8 Å². The predicted octanol–water partition coefficient (Wildman–Crippen LogP) is 5.42. The van der Waals surface area contributed by atoms with E-state index >= 15 is 0 Å². The molecule has 0 aliphatic carbocycles. The number of aliphatic imine (C=N–C) groups is 1. The normalized spacial score (nSPS) is 13.2. The first kappa shape index (κ1) is 24.2. The molecule has 2 aromatic carbocycles. The summed E-state index contributed by atoms with van der Waals surface area (Å²) in [7, 11) is 0. The summed E-state index contributed by atoms with van der Waals surface area (Å²) in [5, 5.41) is 0.877. The summed E-state index contributed by atoms with van der Waals surface area (Å²) in [6.45, 7) is 7.78. The van der Waals surface area contributed by atoms with Gasteiger partial charge in [-0.1, -0.05) is 29.4 Å². The van der Waals surface area contributed by atoms with E-state index in [4.69, 9.17) is 25.8 Å². The Morgan fingerprint density at radius 3 is 2.38 bits per heavy atom. The standard InChI is InChI=1S/C23H26ClFN2O4S/c1-4-29-19-12-15(13-20(30-5-2)21(19)31-6-3)22(28)27-11-10-26-23(27)32-14-16-17(24)8-7-9-18(16)25/h7-9,12-13H,4-6,10-11,14H2,1-3H3. The van der Waals surface area contributed by atoms with Crippen molar-refractivity contribution in [2.75, 3.05) is 32.9 Å². The smallest absolute Gasteiger partial charge is 0.260 e. The number of thioether (sulfide) groups is 1. The van der Waals surface area contributed by atoms with E-state index in [1.807, 2.05) is 20.8 Å². The Kier molecular flexibility index (Phi) is 8.64. The largest absolute Gasteiger partial charge is 0.490 e. The number of amides is 1. The molecule has 3 rings (SSSR count). The second-order valence-electron chi connectivity index (χ2n) is 6.71. The van der Waals surface area contributed by atoms with Gasteiger partial charge in [0, 0.05) is 28.4 Å². The molecule has 0 saturated carbocycles. The van der Waals surface area contributed by atoms with Crippen molar-refractivity contribution in [2.45, 2.75) is 26.5 Å². The van der Waals surface area contributed by atoms with E-state index in [-0.39, 0.29) is 17.5 Å². The Bertz CT molecular complexity index is 955. The third-order valence-corrected chi connectivity index (χ3v) is 6.00. The van der Waals surface area contributed by atoms with Crippen LogP contribution in [0, 0.1) is 5.82 Å². The van der Waals surface area contributed by atoms with Gasteiger partial charge < -0.3 is 14.2 Å². The van der Waals surface area contributed by atoms with Gasteiger partial charge in [-0.05, 0) is 45.0 Å². The summed E-state index contributed by atoms with van der Waals surface area (Å²) in [6, 6.07) is 7.89. The summed E-state index contributed by atoms with van der Waals surface area (Å²) >= 11 is 7.41. The van der Waals surface area contributed by atoms with Gasteiger partial charge in [0.05, 0.1) is 26.4 Å². The molecule has 1 aliphatic rings. The van der Waals surface area contributed by atoms with Crippen molar-refractivity contribution in [2.24, 2.45) is 4.99 Å². The van der Waals surface area contributed by atoms with E-state index in [2.05, 4.69) is 4.99 Å². The first-order chi connectivity index (χ1) is 15.5. The van der Waals surface area contributed by atoms with Gasteiger partial charge in [-0.2, -0.15) is 0 Å². The quantitative estimate of drug-likeness (QED) is 0.479. The number of ether oxygens (including phenoxy) is 3. The fraction of sp³-hybridized carbons (Fsp3) is 0.391. The Morgan fingerprint density at radius 2 is 1.78 bits per heavy atom. The molecule has 0 bridgehead atoms. The van der Waals surface area contributed by atoms with Crippen molar-refractivity contribution in [1.82, 2.24) is 4.90 Å². The van der Waals surface area contributed by atoms with Gasteiger partial charge in [-0.3, -0.25) is 14.7 Å². The predicted molar refractivity (Wildman–Crippen MR) is 126 cm³/mol. The maximum Gasteiger partial charge on any atom is 0.260 e. The first-order valence-electron chi connectivity index (χ1n) is 10.5. The highest BCUT2D eigenvalue weighted by Gasteiger charge is 2.28. The zero-order valence-electron chi connectivity index (χ0n) is 18.3. The van der Waals surface area contributed by atoms with Crippen molar-refractivity contribution in [3.8, 4) is 17.2 Å². The van der Waals surface area contributed by atoms with Crippen LogP contribution in [0.2, 0.25) is 5.02 Å². The van der Waals surface area contributed by atoms with Crippen LogP contribution in [-0.2, 0) is 5.75 Å². The topological polar surface area (TPSA) is 60.4 Å². The van der Waals surface area contributed by atoms with E-state index in [1.54, 1.807) is 29.2 Å². The molecule has 9 heteroatoms. The summed E-state index contributed by atoms with van der Waals surface area (Å²) in [5.74, 6) is 1.03. The molecule has 2 aromatic rings. The average molecular weight is 481 g/mol. The third-order valence-electron chi connectivity index (χ3n) is 4.61. The minimum absolute atomic E-state index is 0.238. The summed E-state index contributed by atoms with van der Waals surface area (Å²) < 4.78 is 31.3. The number of rotatable bonds is 9. The van der Waals surface area contributed by atoms with Crippen LogP contribution in [0.5, 0.6) is 17.2 Å². The van der Waals surface area contributed by atoms with Crippen LogP contribution in [0.25, 0.3) is 0 Å². The number of hydrogen-bond donors (Lipinski definition) is 0. The van der Waals surface area contributed by atoms with Gasteiger partial charge in [0.25, 0.3) is 5.91 Å². The number of amidine groups is 1. The molecule has 0 fully saturated rings. The lowest BCUT2D eigenvalue weighted by atomic mass is 10.1. The molecule has 0 aromatic heterocycles. The van der Waals surface area contributed by atoms with E-state index in [9.17, 15) is 9.18 Å². The van der Waals surface area contributed by atoms with Crippen LogP contribution in [0.4, 0.5) is 4.39 Å². The number of halogens is 2. The van der Waals surface area contributed by atoms with Gasteiger partial charge in [-0.25, -0.2) is 4.39 Å².